The summed E-state index contributed by atoms with van der Waals surface area (Å²) >= 11 is 1.62. The Hall–Kier alpha value is -2.77. The molecule has 0 saturated carbocycles. The number of esters is 1. The van der Waals surface area contributed by atoms with Gasteiger partial charge in [0.1, 0.15) is 23.8 Å². The van der Waals surface area contributed by atoms with Gasteiger partial charge < -0.3 is 13.9 Å². The zero-order chi connectivity index (χ0) is 20.9. The fraction of sp³-hybridized carbons (Fsp3) is 0.304. The summed E-state index contributed by atoms with van der Waals surface area (Å²) in [5.74, 6) is 2.84. The summed E-state index contributed by atoms with van der Waals surface area (Å²) in [4.78, 5) is 18.7. The van der Waals surface area contributed by atoms with Gasteiger partial charge in [0.05, 0.1) is 7.11 Å². The zero-order valence-electron chi connectivity index (χ0n) is 17.0. The molecule has 1 aliphatic rings. The van der Waals surface area contributed by atoms with E-state index in [1.807, 2.05) is 61.5 Å². The van der Waals surface area contributed by atoms with Crippen LogP contribution in [0.1, 0.15) is 17.0 Å². The molecule has 1 aliphatic heterocycles. The van der Waals surface area contributed by atoms with E-state index < -0.39 is 0 Å². The maximum atomic E-state index is 12.0. The van der Waals surface area contributed by atoms with E-state index in [2.05, 4.69) is 9.88 Å². The van der Waals surface area contributed by atoms with Crippen molar-refractivity contribution in [3.63, 3.8) is 0 Å². The molecule has 0 aliphatic carbocycles. The molecule has 1 fully saturated rings. The van der Waals surface area contributed by atoms with Crippen molar-refractivity contribution in [1.29, 1.82) is 0 Å². The maximum absolute atomic E-state index is 12.0. The van der Waals surface area contributed by atoms with Crippen molar-refractivity contribution in [3.05, 3.63) is 71.6 Å². The van der Waals surface area contributed by atoms with Gasteiger partial charge in [-0.25, -0.2) is 9.78 Å². The molecule has 30 heavy (non-hydrogen) atoms. The third-order valence-electron chi connectivity index (χ3n) is 4.96. The number of rotatable bonds is 7. The third kappa shape index (κ3) is 4.68. The van der Waals surface area contributed by atoms with Crippen molar-refractivity contribution >= 4 is 17.7 Å². The molecule has 3 aromatic rings. The lowest BCUT2D eigenvalue weighted by atomic mass is 10.2. The average molecular weight is 425 g/mol. The molecule has 1 atom stereocenters. The van der Waals surface area contributed by atoms with Crippen LogP contribution < -0.4 is 4.74 Å². The van der Waals surface area contributed by atoms with Gasteiger partial charge in [0.25, 0.3) is 0 Å². The first-order chi connectivity index (χ1) is 14.6. The largest absolute Gasteiger partial charge is 0.487 e. The highest BCUT2D eigenvalue weighted by Gasteiger charge is 2.32. The number of nitrogens with zero attached hydrogens (tertiary/aromatic N) is 2. The minimum atomic E-state index is -0.242. The van der Waals surface area contributed by atoms with Gasteiger partial charge in [-0.05, 0) is 36.8 Å². The van der Waals surface area contributed by atoms with Gasteiger partial charge >= 0.3 is 5.97 Å². The molecular formula is C23H24N2O4S. The van der Waals surface area contributed by atoms with Gasteiger partial charge in [0.15, 0.2) is 5.37 Å². The number of aryl methyl sites for hydroxylation is 1. The molecule has 1 saturated heterocycles. The highest BCUT2D eigenvalue weighted by molar-refractivity contribution is 8.00. The number of carbonyl (C=O) groups is 1. The molecule has 1 unspecified atom stereocenters. The summed E-state index contributed by atoms with van der Waals surface area (Å²) in [5.41, 5.74) is 2.81. The number of benzene rings is 2. The lowest BCUT2D eigenvalue weighted by Gasteiger charge is -2.21. The second-order valence-corrected chi connectivity index (χ2v) is 8.23. The van der Waals surface area contributed by atoms with Gasteiger partial charge in [-0.15, -0.1) is 11.8 Å². The smallest absolute Gasteiger partial charge is 0.333 e. The van der Waals surface area contributed by atoms with Crippen LogP contribution in [-0.2, 0) is 22.7 Å². The molecule has 0 amide bonds. The first-order valence-electron chi connectivity index (χ1n) is 9.81. The van der Waals surface area contributed by atoms with E-state index in [1.54, 1.807) is 11.8 Å². The van der Waals surface area contributed by atoms with Crippen LogP contribution in [0.3, 0.4) is 0 Å². The van der Waals surface area contributed by atoms with Crippen LogP contribution in [0.25, 0.3) is 11.5 Å². The van der Waals surface area contributed by atoms with Crippen LogP contribution in [0.2, 0.25) is 0 Å². The average Bonchev–Trinajstić information content (AvgIpc) is 3.39. The van der Waals surface area contributed by atoms with E-state index in [9.17, 15) is 4.79 Å². The van der Waals surface area contributed by atoms with Crippen molar-refractivity contribution in [1.82, 2.24) is 9.88 Å². The van der Waals surface area contributed by atoms with E-state index in [1.165, 1.54) is 7.11 Å². The SMILES string of the molecule is COC(=O)C1SCCN1Cc1cccc(OCc2nc(-c3ccccc3)oc2C)c1. The highest BCUT2D eigenvalue weighted by Crippen LogP contribution is 2.28. The van der Waals surface area contributed by atoms with Crippen molar-refractivity contribution in [2.75, 3.05) is 19.4 Å². The maximum Gasteiger partial charge on any atom is 0.333 e. The Morgan fingerprint density at radius 1 is 1.23 bits per heavy atom. The topological polar surface area (TPSA) is 64.8 Å². The number of hydrogen-bond acceptors (Lipinski definition) is 7. The van der Waals surface area contributed by atoms with Crippen molar-refractivity contribution < 1.29 is 18.7 Å². The quantitative estimate of drug-likeness (QED) is 0.525. The predicted molar refractivity (Wildman–Crippen MR) is 116 cm³/mol. The predicted octanol–water partition coefficient (Wildman–Crippen LogP) is 4.28. The summed E-state index contributed by atoms with van der Waals surface area (Å²) in [7, 11) is 1.43. The van der Waals surface area contributed by atoms with Crippen molar-refractivity contribution in [3.8, 4) is 17.2 Å². The van der Waals surface area contributed by atoms with E-state index >= 15 is 0 Å². The molecule has 1 aromatic heterocycles. The molecule has 0 bridgehead atoms. The summed E-state index contributed by atoms with van der Waals surface area (Å²) in [6.45, 7) is 3.75. The molecule has 0 radical (unpaired) electrons. The first-order valence-corrected chi connectivity index (χ1v) is 10.9. The molecule has 2 heterocycles. The lowest BCUT2D eigenvalue weighted by Crippen LogP contribution is -2.34. The van der Waals surface area contributed by atoms with Crippen LogP contribution >= 0.6 is 11.8 Å². The number of oxazole rings is 1. The second-order valence-electron chi connectivity index (χ2n) is 7.04. The van der Waals surface area contributed by atoms with E-state index in [4.69, 9.17) is 13.9 Å². The van der Waals surface area contributed by atoms with Crippen molar-refractivity contribution in [2.45, 2.75) is 25.4 Å². The van der Waals surface area contributed by atoms with Crippen molar-refractivity contribution in [2.24, 2.45) is 0 Å². The Morgan fingerprint density at radius 2 is 2.07 bits per heavy atom. The number of thioether (sulfide) groups is 1. The molecule has 0 spiro atoms. The summed E-state index contributed by atoms with van der Waals surface area (Å²) in [5, 5.41) is -0.242. The van der Waals surface area contributed by atoms with Crippen LogP contribution in [0.15, 0.2) is 59.0 Å². The molecule has 156 valence electrons. The number of hydrogen-bond donors (Lipinski definition) is 0. The molecule has 4 rings (SSSR count). The van der Waals surface area contributed by atoms with Gasteiger partial charge in [-0.2, -0.15) is 0 Å². The Labute approximate surface area is 180 Å². The summed E-state index contributed by atoms with van der Waals surface area (Å²) in [6.07, 6.45) is 0. The normalized spacial score (nSPS) is 16.5. The molecule has 7 heteroatoms. The molecule has 6 nitrogen and oxygen atoms in total. The summed E-state index contributed by atoms with van der Waals surface area (Å²) < 4.78 is 16.7. The van der Waals surface area contributed by atoms with Gasteiger partial charge in [-0.1, -0.05) is 30.3 Å². The van der Waals surface area contributed by atoms with Crippen LogP contribution in [-0.4, -0.2) is 40.6 Å². The van der Waals surface area contributed by atoms with Crippen LogP contribution in [0.5, 0.6) is 5.75 Å². The number of aromatic nitrogens is 1. The first kappa shape index (κ1) is 20.5. The zero-order valence-corrected chi connectivity index (χ0v) is 17.9. The fourth-order valence-corrected chi connectivity index (χ4v) is 4.56. The standard InChI is InChI=1S/C23H24N2O4S/c1-16-20(24-21(29-16)18-8-4-3-5-9-18)15-28-19-10-6-7-17(13-19)14-25-11-12-30-22(25)23(26)27-2/h3-10,13,22H,11-12,14-15H2,1-2H3. The lowest BCUT2D eigenvalue weighted by molar-refractivity contribution is -0.143. The van der Waals surface area contributed by atoms with Gasteiger partial charge in [0, 0.05) is 24.4 Å². The highest BCUT2D eigenvalue weighted by atomic mass is 32.2. The minimum Gasteiger partial charge on any atom is -0.487 e. The Morgan fingerprint density at radius 3 is 2.87 bits per heavy atom. The van der Waals surface area contributed by atoms with Gasteiger partial charge in [-0.3, -0.25) is 4.90 Å². The Kier molecular flexibility index (Phi) is 6.40. The minimum absolute atomic E-state index is 0.194. The molecular weight excluding hydrogens is 400 g/mol. The number of carbonyl (C=O) groups excluding carboxylic acids is 1. The van der Waals surface area contributed by atoms with Crippen LogP contribution in [0, 0.1) is 6.92 Å². The second kappa shape index (κ2) is 9.36. The summed E-state index contributed by atoms with van der Waals surface area (Å²) in [6, 6.07) is 17.8. The van der Waals surface area contributed by atoms with E-state index in [0.717, 1.165) is 40.6 Å². The van der Waals surface area contributed by atoms with Gasteiger partial charge in [0.2, 0.25) is 5.89 Å². The third-order valence-corrected chi connectivity index (χ3v) is 6.19. The van der Waals surface area contributed by atoms with E-state index in [0.29, 0.717) is 19.0 Å². The molecule has 0 N–H and O–H groups in total. The monoisotopic (exact) mass is 424 g/mol. The number of methoxy groups -OCH3 is 1. The van der Waals surface area contributed by atoms with Crippen LogP contribution in [0.4, 0.5) is 0 Å². The Bertz CT molecular complexity index is 1010. The fourth-order valence-electron chi connectivity index (χ4n) is 3.37. The molecule has 2 aromatic carbocycles. The van der Waals surface area contributed by atoms with E-state index in [-0.39, 0.29) is 11.3 Å². The number of ether oxygens (including phenoxy) is 2. The Balaban J connectivity index is 1.41.